The topological polar surface area (TPSA) is 141 Å². The van der Waals surface area contributed by atoms with Crippen molar-refractivity contribution in [3.05, 3.63) is 35.4 Å². The molecular weight excluding hydrogens is 496 g/mol. The zero-order valence-electron chi connectivity index (χ0n) is 22.5. The van der Waals surface area contributed by atoms with Crippen molar-refractivity contribution in [1.82, 2.24) is 14.7 Å². The zero-order valence-corrected chi connectivity index (χ0v) is 22.5. The predicted molar refractivity (Wildman–Crippen MR) is 136 cm³/mol. The first-order valence-electron chi connectivity index (χ1n) is 12.6. The largest absolute Gasteiger partial charge is 0.354 e. The van der Waals surface area contributed by atoms with E-state index in [2.05, 4.69) is 0 Å². The number of methoxy groups -OCH3 is 4. The van der Waals surface area contributed by atoms with Crippen LogP contribution in [0.4, 0.5) is 0 Å². The molecule has 2 saturated heterocycles. The van der Waals surface area contributed by atoms with E-state index in [0.717, 1.165) is 6.42 Å². The summed E-state index contributed by atoms with van der Waals surface area (Å²) in [5.41, 5.74) is 6.41. The number of nitrogens with zero attached hydrogens (tertiary/aromatic N) is 3. The molecule has 3 aliphatic rings. The summed E-state index contributed by atoms with van der Waals surface area (Å²) in [5, 5.41) is 0. The number of amides is 4. The van der Waals surface area contributed by atoms with Crippen molar-refractivity contribution in [1.29, 1.82) is 0 Å². The molecule has 4 amide bonds. The molecule has 0 bridgehead atoms. The highest BCUT2D eigenvalue weighted by molar-refractivity contribution is 6.21. The first kappa shape index (κ1) is 29.7. The Kier molecular flexibility index (Phi) is 10.7. The number of rotatable bonds is 11. The second-order valence-corrected chi connectivity index (χ2v) is 9.28. The number of hydrogen-bond donors (Lipinski definition) is 1. The van der Waals surface area contributed by atoms with Crippen LogP contribution in [0.3, 0.4) is 0 Å². The molecule has 12 nitrogen and oxygen atoms in total. The van der Waals surface area contributed by atoms with Crippen molar-refractivity contribution < 1.29 is 38.1 Å². The number of carbonyl (C=O) groups is 4. The van der Waals surface area contributed by atoms with Crippen LogP contribution < -0.4 is 5.73 Å². The Hall–Kier alpha value is -2.90. The molecule has 2 atom stereocenters. The molecule has 0 spiro atoms. The lowest BCUT2D eigenvalue weighted by Crippen LogP contribution is -2.47. The zero-order chi connectivity index (χ0) is 27.8. The van der Waals surface area contributed by atoms with Gasteiger partial charge in [0.25, 0.3) is 11.8 Å². The minimum atomic E-state index is -0.531. The molecular formula is C26H38N4O8. The van der Waals surface area contributed by atoms with Crippen LogP contribution in [0.5, 0.6) is 0 Å². The Balaban J connectivity index is 0.000000244. The van der Waals surface area contributed by atoms with Crippen molar-refractivity contribution in [2.24, 2.45) is 5.73 Å². The van der Waals surface area contributed by atoms with Gasteiger partial charge in [-0.15, -0.1) is 0 Å². The second kappa shape index (κ2) is 13.8. The van der Waals surface area contributed by atoms with Gasteiger partial charge in [0.15, 0.2) is 12.6 Å². The van der Waals surface area contributed by atoms with E-state index in [-0.39, 0.29) is 55.1 Å². The van der Waals surface area contributed by atoms with Gasteiger partial charge in [0.05, 0.1) is 30.3 Å². The fourth-order valence-corrected chi connectivity index (χ4v) is 4.95. The molecule has 4 rings (SSSR count). The Bertz CT molecular complexity index is 962. The van der Waals surface area contributed by atoms with E-state index in [9.17, 15) is 19.2 Å². The van der Waals surface area contributed by atoms with Crippen LogP contribution in [-0.4, -0.2) is 118 Å². The molecule has 12 heteroatoms. The van der Waals surface area contributed by atoms with Crippen LogP contribution in [-0.2, 0) is 28.5 Å². The number of ether oxygens (including phenoxy) is 4. The van der Waals surface area contributed by atoms with Crippen molar-refractivity contribution in [2.75, 3.05) is 54.6 Å². The van der Waals surface area contributed by atoms with Crippen LogP contribution in [0, 0.1) is 0 Å². The fourth-order valence-electron chi connectivity index (χ4n) is 4.95. The van der Waals surface area contributed by atoms with E-state index < -0.39 is 6.29 Å². The smallest absolute Gasteiger partial charge is 0.261 e. The normalized spacial score (nSPS) is 21.2. The molecule has 0 unspecified atom stereocenters. The van der Waals surface area contributed by atoms with Crippen LogP contribution in [0.1, 0.15) is 46.4 Å². The van der Waals surface area contributed by atoms with Gasteiger partial charge in [0.1, 0.15) is 0 Å². The summed E-state index contributed by atoms with van der Waals surface area (Å²) in [6.07, 6.45) is 1.54. The van der Waals surface area contributed by atoms with Gasteiger partial charge in [-0.3, -0.25) is 24.1 Å². The SMILES string of the molecule is COC(CN1C(=O)CC[C@H]1CN)OC.COC(CN1C(=O)CC[C@H]1CN1C(=O)c2ccccc2C1=O)OC. The number of benzene rings is 1. The molecule has 3 heterocycles. The maximum atomic E-state index is 12.5. The quantitative estimate of drug-likeness (QED) is 0.316. The molecule has 0 aliphatic carbocycles. The molecule has 0 radical (unpaired) electrons. The first-order chi connectivity index (χ1) is 18.3. The summed E-state index contributed by atoms with van der Waals surface area (Å²) < 4.78 is 20.4. The Morgan fingerprint density at radius 1 is 0.763 bits per heavy atom. The number of fused-ring (bicyclic) bond motifs is 1. The highest BCUT2D eigenvalue weighted by atomic mass is 16.7. The molecule has 210 valence electrons. The van der Waals surface area contributed by atoms with Crippen LogP contribution in [0.2, 0.25) is 0 Å². The summed E-state index contributed by atoms with van der Waals surface area (Å²) in [4.78, 5) is 53.2. The third-order valence-corrected chi connectivity index (χ3v) is 7.19. The Morgan fingerprint density at radius 2 is 1.18 bits per heavy atom. The van der Waals surface area contributed by atoms with Crippen molar-refractivity contribution >= 4 is 23.6 Å². The molecule has 0 saturated carbocycles. The number of hydrogen-bond acceptors (Lipinski definition) is 9. The van der Waals surface area contributed by atoms with Gasteiger partial charge < -0.3 is 34.5 Å². The van der Waals surface area contributed by atoms with E-state index in [0.29, 0.717) is 43.5 Å². The number of nitrogens with two attached hydrogens (primary N) is 1. The van der Waals surface area contributed by atoms with E-state index in [1.165, 1.54) is 19.1 Å². The third-order valence-electron chi connectivity index (χ3n) is 7.19. The lowest BCUT2D eigenvalue weighted by molar-refractivity contribution is -0.144. The van der Waals surface area contributed by atoms with Crippen molar-refractivity contribution in [3.8, 4) is 0 Å². The minimum absolute atomic E-state index is 0.0179. The van der Waals surface area contributed by atoms with Gasteiger partial charge in [0.2, 0.25) is 11.8 Å². The Labute approximate surface area is 222 Å². The van der Waals surface area contributed by atoms with E-state index in [1.54, 1.807) is 48.3 Å². The monoisotopic (exact) mass is 534 g/mol. The van der Waals surface area contributed by atoms with E-state index in [1.807, 2.05) is 0 Å². The summed E-state index contributed by atoms with van der Waals surface area (Å²) >= 11 is 0. The summed E-state index contributed by atoms with van der Waals surface area (Å²) in [5.74, 6) is -0.481. The van der Waals surface area contributed by atoms with Crippen molar-refractivity contribution in [2.45, 2.75) is 50.3 Å². The highest BCUT2D eigenvalue weighted by Crippen LogP contribution is 2.27. The van der Waals surface area contributed by atoms with Gasteiger partial charge in [0, 0.05) is 60.4 Å². The van der Waals surface area contributed by atoms with Gasteiger partial charge >= 0.3 is 0 Å². The minimum Gasteiger partial charge on any atom is -0.354 e. The summed E-state index contributed by atoms with van der Waals surface area (Å²) in [6.45, 7) is 1.44. The first-order valence-corrected chi connectivity index (χ1v) is 12.6. The molecule has 38 heavy (non-hydrogen) atoms. The lowest BCUT2D eigenvalue weighted by atomic mass is 10.1. The van der Waals surface area contributed by atoms with Gasteiger partial charge in [-0.2, -0.15) is 0 Å². The van der Waals surface area contributed by atoms with E-state index in [4.69, 9.17) is 24.7 Å². The molecule has 2 N–H and O–H groups in total. The van der Waals surface area contributed by atoms with Gasteiger partial charge in [-0.1, -0.05) is 12.1 Å². The maximum absolute atomic E-state index is 12.5. The average molecular weight is 535 g/mol. The molecule has 1 aromatic carbocycles. The maximum Gasteiger partial charge on any atom is 0.261 e. The molecule has 2 fully saturated rings. The van der Waals surface area contributed by atoms with Crippen LogP contribution in [0.15, 0.2) is 24.3 Å². The average Bonchev–Trinajstić information content (AvgIpc) is 3.55. The number of imide groups is 1. The second-order valence-electron chi connectivity index (χ2n) is 9.28. The highest BCUT2D eigenvalue weighted by Gasteiger charge is 2.40. The number of likely N-dealkylation sites (tertiary alicyclic amines) is 2. The fraction of sp³-hybridized carbons (Fsp3) is 0.615. The Morgan fingerprint density at radius 3 is 1.61 bits per heavy atom. The van der Waals surface area contributed by atoms with E-state index >= 15 is 0 Å². The van der Waals surface area contributed by atoms with Crippen LogP contribution in [0.25, 0.3) is 0 Å². The summed E-state index contributed by atoms with van der Waals surface area (Å²) in [7, 11) is 6.14. The van der Waals surface area contributed by atoms with Gasteiger partial charge in [-0.05, 0) is 25.0 Å². The van der Waals surface area contributed by atoms with Crippen LogP contribution >= 0.6 is 0 Å². The molecule has 3 aliphatic heterocycles. The predicted octanol–water partition coefficient (Wildman–Crippen LogP) is 0.448. The molecule has 0 aromatic heterocycles. The summed E-state index contributed by atoms with van der Waals surface area (Å²) in [6, 6.07) is 6.71. The van der Waals surface area contributed by atoms with Gasteiger partial charge in [-0.25, -0.2) is 0 Å². The molecule has 1 aromatic rings. The lowest BCUT2D eigenvalue weighted by Gasteiger charge is -2.30. The standard InChI is InChI=1S/C17H20N2O5.C9H18N2O3/c1-23-15(24-2)10-18-11(7-8-14(18)20)9-19-16(21)12-5-3-4-6-13(12)17(19)22;1-13-9(14-2)6-11-7(5-10)3-4-8(11)12/h3-6,11,15H,7-10H2,1-2H3;7,9H,3-6,10H2,1-2H3/t11-;7-/m00/s1. The van der Waals surface area contributed by atoms with Crippen molar-refractivity contribution in [3.63, 3.8) is 0 Å². The number of carbonyl (C=O) groups excluding carboxylic acids is 4. The third kappa shape index (κ3) is 6.56.